The number of hydrogen-bond acceptors (Lipinski definition) is 4. The maximum atomic E-state index is 12.9. The monoisotopic (exact) mass is 306 g/mol. The lowest BCUT2D eigenvalue weighted by atomic mass is 9.91. The van der Waals surface area contributed by atoms with Gasteiger partial charge in [0.05, 0.1) is 10.6 Å². The van der Waals surface area contributed by atoms with Crippen molar-refractivity contribution in [3.63, 3.8) is 0 Å². The Hall–Kier alpha value is -1.75. The SMILES string of the molecule is CN(Cc1ccc(F)cc1)c1nc(C(C)(C)C)c(C=O)s1. The zero-order chi connectivity index (χ0) is 15.6. The first-order valence-electron chi connectivity index (χ1n) is 6.73. The Labute approximate surface area is 128 Å². The van der Waals surface area contributed by atoms with Crippen LogP contribution in [0.1, 0.15) is 41.7 Å². The predicted molar refractivity (Wildman–Crippen MR) is 84.7 cm³/mol. The van der Waals surface area contributed by atoms with Crippen molar-refractivity contribution in [3.8, 4) is 0 Å². The second-order valence-electron chi connectivity index (χ2n) is 6.06. The summed E-state index contributed by atoms with van der Waals surface area (Å²) in [4.78, 5) is 18.5. The van der Waals surface area contributed by atoms with Gasteiger partial charge >= 0.3 is 0 Å². The number of carbonyl (C=O) groups excluding carboxylic acids is 1. The minimum atomic E-state index is -0.242. The van der Waals surface area contributed by atoms with E-state index in [9.17, 15) is 9.18 Å². The van der Waals surface area contributed by atoms with Gasteiger partial charge in [-0.1, -0.05) is 44.2 Å². The van der Waals surface area contributed by atoms with Gasteiger partial charge in [0.15, 0.2) is 11.4 Å². The molecule has 0 fully saturated rings. The molecule has 0 spiro atoms. The minimum Gasteiger partial charge on any atom is -0.347 e. The number of rotatable bonds is 4. The summed E-state index contributed by atoms with van der Waals surface area (Å²) in [5.41, 5.74) is 1.66. The average molecular weight is 306 g/mol. The van der Waals surface area contributed by atoms with Gasteiger partial charge in [0.25, 0.3) is 0 Å². The molecule has 3 nitrogen and oxygen atoms in total. The molecule has 0 saturated carbocycles. The smallest absolute Gasteiger partial charge is 0.186 e. The van der Waals surface area contributed by atoms with E-state index in [2.05, 4.69) is 4.98 Å². The third kappa shape index (κ3) is 3.67. The summed E-state index contributed by atoms with van der Waals surface area (Å²) < 4.78 is 12.9. The highest BCUT2D eigenvalue weighted by Crippen LogP contribution is 2.32. The first kappa shape index (κ1) is 15.6. The largest absolute Gasteiger partial charge is 0.347 e. The van der Waals surface area contributed by atoms with E-state index in [4.69, 9.17) is 0 Å². The van der Waals surface area contributed by atoms with Crippen LogP contribution in [-0.4, -0.2) is 18.3 Å². The molecule has 1 heterocycles. The molecule has 0 atom stereocenters. The lowest BCUT2D eigenvalue weighted by molar-refractivity contribution is 0.112. The van der Waals surface area contributed by atoms with E-state index >= 15 is 0 Å². The number of benzene rings is 1. The van der Waals surface area contributed by atoms with Crippen LogP contribution in [0.2, 0.25) is 0 Å². The van der Waals surface area contributed by atoms with Gasteiger partial charge in [0.2, 0.25) is 0 Å². The molecule has 0 unspecified atom stereocenters. The first-order valence-corrected chi connectivity index (χ1v) is 7.55. The highest BCUT2D eigenvalue weighted by atomic mass is 32.1. The second-order valence-corrected chi connectivity index (χ2v) is 7.07. The number of halogens is 1. The molecule has 0 amide bonds. The van der Waals surface area contributed by atoms with Crippen molar-refractivity contribution in [2.24, 2.45) is 0 Å². The Morgan fingerprint density at radius 2 is 1.90 bits per heavy atom. The molecule has 0 aliphatic rings. The van der Waals surface area contributed by atoms with Crippen LogP contribution >= 0.6 is 11.3 Å². The maximum absolute atomic E-state index is 12.9. The van der Waals surface area contributed by atoms with Gasteiger partial charge < -0.3 is 4.90 Å². The van der Waals surface area contributed by atoms with Crippen molar-refractivity contribution in [1.29, 1.82) is 0 Å². The van der Waals surface area contributed by atoms with Crippen LogP contribution in [0.4, 0.5) is 9.52 Å². The number of aldehydes is 1. The van der Waals surface area contributed by atoms with Crippen LogP contribution in [0.3, 0.4) is 0 Å². The zero-order valence-corrected chi connectivity index (χ0v) is 13.5. The number of anilines is 1. The molecule has 0 radical (unpaired) electrons. The van der Waals surface area contributed by atoms with E-state index in [-0.39, 0.29) is 11.2 Å². The lowest BCUT2D eigenvalue weighted by Gasteiger charge is -2.17. The molecular formula is C16H19FN2OS. The van der Waals surface area contributed by atoms with Gasteiger partial charge in [-0.2, -0.15) is 0 Å². The molecular weight excluding hydrogens is 287 g/mol. The number of thiazole rings is 1. The van der Waals surface area contributed by atoms with E-state index in [0.29, 0.717) is 11.4 Å². The normalized spacial score (nSPS) is 11.5. The molecule has 2 aromatic rings. The van der Waals surface area contributed by atoms with Gasteiger partial charge in [-0.3, -0.25) is 4.79 Å². The van der Waals surface area contributed by atoms with Crippen molar-refractivity contribution >= 4 is 22.8 Å². The molecule has 5 heteroatoms. The Bertz CT molecular complexity index is 629. The standard InChI is InChI=1S/C16H19FN2OS/c1-16(2,3)14-13(10-20)21-15(18-14)19(4)9-11-5-7-12(17)8-6-11/h5-8,10H,9H2,1-4H3. The zero-order valence-electron chi connectivity index (χ0n) is 12.7. The Balaban J connectivity index is 2.23. The van der Waals surface area contributed by atoms with Gasteiger partial charge in [-0.25, -0.2) is 9.37 Å². The van der Waals surface area contributed by atoms with Crippen LogP contribution in [0.15, 0.2) is 24.3 Å². The van der Waals surface area contributed by atoms with E-state index in [1.807, 2.05) is 32.7 Å². The van der Waals surface area contributed by atoms with Crippen molar-refractivity contribution in [2.75, 3.05) is 11.9 Å². The van der Waals surface area contributed by atoms with Gasteiger partial charge in [0, 0.05) is 19.0 Å². The summed E-state index contributed by atoms with van der Waals surface area (Å²) in [5.74, 6) is -0.242. The van der Waals surface area contributed by atoms with E-state index in [0.717, 1.165) is 22.7 Å². The molecule has 112 valence electrons. The first-order chi connectivity index (χ1) is 9.81. The molecule has 1 aromatic heterocycles. The quantitative estimate of drug-likeness (QED) is 0.800. The van der Waals surface area contributed by atoms with Crippen LogP contribution < -0.4 is 4.90 Å². The molecule has 0 N–H and O–H groups in total. The number of hydrogen-bond donors (Lipinski definition) is 0. The Kier molecular flexibility index (Phi) is 4.42. The van der Waals surface area contributed by atoms with Crippen molar-refractivity contribution in [3.05, 3.63) is 46.2 Å². The van der Waals surface area contributed by atoms with E-state index in [1.54, 1.807) is 12.1 Å². The topological polar surface area (TPSA) is 33.2 Å². The van der Waals surface area contributed by atoms with E-state index in [1.165, 1.54) is 23.5 Å². The summed E-state index contributed by atoms with van der Waals surface area (Å²) in [6.07, 6.45) is 0.869. The second kappa shape index (κ2) is 5.93. The van der Waals surface area contributed by atoms with Crippen LogP contribution in [-0.2, 0) is 12.0 Å². The molecule has 1 aromatic carbocycles. The summed E-state index contributed by atoms with van der Waals surface area (Å²) in [5, 5.41) is 0.798. The fraction of sp³-hybridized carbons (Fsp3) is 0.375. The molecule has 21 heavy (non-hydrogen) atoms. The average Bonchev–Trinajstić information content (AvgIpc) is 2.85. The van der Waals surface area contributed by atoms with Crippen molar-refractivity contribution < 1.29 is 9.18 Å². The molecule has 0 saturated heterocycles. The fourth-order valence-electron chi connectivity index (χ4n) is 2.03. The number of nitrogens with zero attached hydrogens (tertiary/aromatic N) is 2. The third-order valence-electron chi connectivity index (χ3n) is 3.12. The summed E-state index contributed by atoms with van der Waals surface area (Å²) in [6.45, 7) is 6.74. The molecule has 0 aliphatic carbocycles. The van der Waals surface area contributed by atoms with E-state index < -0.39 is 0 Å². The Morgan fingerprint density at radius 3 is 2.38 bits per heavy atom. The Morgan fingerprint density at radius 1 is 1.29 bits per heavy atom. The molecule has 0 bridgehead atoms. The minimum absolute atomic E-state index is 0.165. The highest BCUT2D eigenvalue weighted by molar-refractivity contribution is 7.17. The highest BCUT2D eigenvalue weighted by Gasteiger charge is 2.24. The molecule has 0 aliphatic heterocycles. The van der Waals surface area contributed by atoms with Crippen molar-refractivity contribution in [2.45, 2.75) is 32.7 Å². The summed E-state index contributed by atoms with van der Waals surface area (Å²) in [7, 11) is 1.92. The fourth-order valence-corrected chi connectivity index (χ4v) is 3.08. The number of carbonyl (C=O) groups is 1. The van der Waals surface area contributed by atoms with Gasteiger partial charge in [0.1, 0.15) is 5.82 Å². The van der Waals surface area contributed by atoms with Crippen LogP contribution in [0.5, 0.6) is 0 Å². The van der Waals surface area contributed by atoms with Crippen LogP contribution in [0.25, 0.3) is 0 Å². The van der Waals surface area contributed by atoms with Crippen molar-refractivity contribution in [1.82, 2.24) is 4.98 Å². The van der Waals surface area contributed by atoms with Gasteiger partial charge in [-0.15, -0.1) is 0 Å². The number of aromatic nitrogens is 1. The molecule has 2 rings (SSSR count). The van der Waals surface area contributed by atoms with Gasteiger partial charge in [-0.05, 0) is 17.7 Å². The van der Waals surface area contributed by atoms with Crippen LogP contribution in [0, 0.1) is 5.82 Å². The summed E-state index contributed by atoms with van der Waals surface area (Å²) >= 11 is 1.39. The lowest BCUT2D eigenvalue weighted by Crippen LogP contribution is -2.18. The third-order valence-corrected chi connectivity index (χ3v) is 4.21. The predicted octanol–water partition coefficient (Wildman–Crippen LogP) is 4.03. The maximum Gasteiger partial charge on any atom is 0.186 e. The summed E-state index contributed by atoms with van der Waals surface area (Å²) in [6, 6.07) is 6.40.